The zero-order valence-electron chi connectivity index (χ0n) is 14.0. The molecule has 1 N–H and O–H groups in total. The molecule has 0 bridgehead atoms. The fourth-order valence-electron chi connectivity index (χ4n) is 2.01. The number of amides is 1. The molecule has 1 heterocycles. The number of rotatable bonds is 7. The molecule has 6 nitrogen and oxygen atoms in total. The molecule has 0 fully saturated rings. The number of aryl methyl sites for hydroxylation is 1. The van der Waals surface area contributed by atoms with Crippen molar-refractivity contribution >= 4 is 11.9 Å². The minimum absolute atomic E-state index is 0.152. The molecule has 1 aromatic heterocycles. The first-order valence-electron chi connectivity index (χ1n) is 7.85. The highest BCUT2D eigenvalue weighted by Gasteiger charge is 2.12. The molecular formula is C18H22N2O4. The van der Waals surface area contributed by atoms with Gasteiger partial charge in [0.1, 0.15) is 18.9 Å². The molecule has 1 aromatic carbocycles. The Labute approximate surface area is 141 Å². The maximum Gasteiger partial charge on any atom is 0.292 e. The van der Waals surface area contributed by atoms with Gasteiger partial charge in [-0.15, -0.1) is 0 Å². The molecule has 2 aromatic rings. The third-order valence-electron chi connectivity index (χ3n) is 3.24. The van der Waals surface area contributed by atoms with E-state index >= 15 is 0 Å². The normalized spacial score (nSPS) is 11.3. The van der Waals surface area contributed by atoms with E-state index in [9.17, 15) is 4.79 Å². The van der Waals surface area contributed by atoms with E-state index in [-0.39, 0.29) is 18.5 Å². The van der Waals surface area contributed by atoms with Crippen molar-refractivity contribution in [2.24, 2.45) is 4.99 Å². The third kappa shape index (κ3) is 5.55. The average molecular weight is 330 g/mol. The highest BCUT2D eigenvalue weighted by atomic mass is 16.5. The van der Waals surface area contributed by atoms with Crippen molar-refractivity contribution in [2.75, 3.05) is 19.8 Å². The minimum Gasteiger partial charge on any atom is -0.467 e. The number of carbonyl (C=O) groups excluding carboxylic acids is 1. The molecule has 2 rings (SSSR count). The summed E-state index contributed by atoms with van der Waals surface area (Å²) in [5, 5.41) is 2.71. The van der Waals surface area contributed by atoms with E-state index in [1.807, 2.05) is 38.1 Å². The molecule has 0 aliphatic carbocycles. The van der Waals surface area contributed by atoms with Gasteiger partial charge in [0, 0.05) is 12.2 Å². The Hall–Kier alpha value is -2.60. The van der Waals surface area contributed by atoms with Gasteiger partial charge in [-0.05, 0) is 37.6 Å². The van der Waals surface area contributed by atoms with Gasteiger partial charge in [0.2, 0.25) is 0 Å². The van der Waals surface area contributed by atoms with Gasteiger partial charge in [0.05, 0.1) is 12.9 Å². The van der Waals surface area contributed by atoms with E-state index in [0.717, 1.165) is 5.56 Å². The van der Waals surface area contributed by atoms with Crippen molar-refractivity contribution in [3.05, 3.63) is 59.5 Å². The number of nitrogens with zero attached hydrogens (tertiary/aromatic N) is 1. The number of nitrogens with one attached hydrogen (secondary N) is 1. The lowest BCUT2D eigenvalue weighted by atomic mass is 10.1. The van der Waals surface area contributed by atoms with Gasteiger partial charge in [0.25, 0.3) is 11.9 Å². The summed E-state index contributed by atoms with van der Waals surface area (Å²) in [5.74, 6) is 0.425. The van der Waals surface area contributed by atoms with E-state index in [1.54, 1.807) is 18.4 Å². The Morgan fingerprint density at radius 1 is 1.21 bits per heavy atom. The monoisotopic (exact) mass is 330 g/mol. The van der Waals surface area contributed by atoms with Gasteiger partial charge in [0.15, 0.2) is 0 Å². The minimum atomic E-state index is -0.261. The number of amidine groups is 1. The first kappa shape index (κ1) is 17.7. The molecule has 0 spiro atoms. The highest BCUT2D eigenvalue weighted by Crippen LogP contribution is 2.07. The molecule has 0 atom stereocenters. The number of hydrogen-bond acceptors (Lipinski definition) is 5. The topological polar surface area (TPSA) is 73.1 Å². The summed E-state index contributed by atoms with van der Waals surface area (Å²) < 4.78 is 16.0. The number of carbonyl (C=O) groups is 1. The van der Waals surface area contributed by atoms with Gasteiger partial charge in [-0.2, -0.15) is 0 Å². The Kier molecular flexibility index (Phi) is 7.04. The van der Waals surface area contributed by atoms with Crippen molar-refractivity contribution < 1.29 is 18.7 Å². The van der Waals surface area contributed by atoms with Crippen LogP contribution in [0.5, 0.6) is 0 Å². The van der Waals surface area contributed by atoms with Gasteiger partial charge in [-0.1, -0.05) is 18.2 Å². The van der Waals surface area contributed by atoms with Crippen LogP contribution in [0, 0.1) is 6.92 Å². The molecule has 0 aliphatic heterocycles. The van der Waals surface area contributed by atoms with Crippen molar-refractivity contribution in [1.29, 1.82) is 0 Å². The molecule has 0 unspecified atom stereocenters. The molecule has 0 radical (unpaired) electrons. The van der Waals surface area contributed by atoms with Crippen LogP contribution in [0.4, 0.5) is 0 Å². The molecule has 24 heavy (non-hydrogen) atoms. The van der Waals surface area contributed by atoms with Crippen LogP contribution in [0.1, 0.15) is 28.6 Å². The maximum atomic E-state index is 12.4. The first-order valence-corrected chi connectivity index (χ1v) is 7.85. The van der Waals surface area contributed by atoms with Gasteiger partial charge < -0.3 is 13.9 Å². The summed E-state index contributed by atoms with van der Waals surface area (Å²) in [4.78, 5) is 16.7. The summed E-state index contributed by atoms with van der Waals surface area (Å²) >= 11 is 0. The summed E-state index contributed by atoms with van der Waals surface area (Å²) in [5.41, 5.74) is 1.46. The smallest absolute Gasteiger partial charge is 0.292 e. The SMILES string of the molecule is CCOCCOC(=NCc1ccco1)NC(=O)c1ccccc1C. The Balaban J connectivity index is 2.02. The standard InChI is InChI=1S/C18H22N2O4/c1-3-22-11-12-24-18(19-13-15-8-6-10-23-15)20-17(21)16-9-5-4-7-14(16)2/h4-10H,3,11-13H2,1-2H3,(H,19,20,21). The summed E-state index contributed by atoms with van der Waals surface area (Å²) in [6.07, 6.45) is 1.58. The van der Waals surface area contributed by atoms with Crippen LogP contribution < -0.4 is 5.32 Å². The lowest BCUT2D eigenvalue weighted by molar-refractivity contribution is 0.0921. The van der Waals surface area contributed by atoms with Crippen LogP contribution in [-0.4, -0.2) is 31.7 Å². The molecule has 1 amide bonds. The molecule has 6 heteroatoms. The highest BCUT2D eigenvalue weighted by molar-refractivity contribution is 6.04. The van der Waals surface area contributed by atoms with Crippen molar-refractivity contribution in [3.63, 3.8) is 0 Å². The Morgan fingerprint density at radius 3 is 2.75 bits per heavy atom. The van der Waals surface area contributed by atoms with Crippen LogP contribution in [0.15, 0.2) is 52.1 Å². The van der Waals surface area contributed by atoms with Gasteiger partial charge >= 0.3 is 0 Å². The largest absolute Gasteiger partial charge is 0.467 e. The van der Waals surface area contributed by atoms with Crippen molar-refractivity contribution in [3.8, 4) is 0 Å². The van der Waals surface area contributed by atoms with Crippen LogP contribution in [0.2, 0.25) is 0 Å². The van der Waals surface area contributed by atoms with Crippen LogP contribution >= 0.6 is 0 Å². The van der Waals surface area contributed by atoms with Gasteiger partial charge in [-0.25, -0.2) is 4.99 Å². The summed E-state index contributed by atoms with van der Waals surface area (Å²) in [7, 11) is 0. The van der Waals surface area contributed by atoms with Crippen LogP contribution in [-0.2, 0) is 16.0 Å². The van der Waals surface area contributed by atoms with Crippen LogP contribution in [0.25, 0.3) is 0 Å². The quantitative estimate of drug-likeness (QED) is 0.481. The zero-order chi connectivity index (χ0) is 17.2. The second-order valence-corrected chi connectivity index (χ2v) is 5.02. The molecular weight excluding hydrogens is 308 g/mol. The lowest BCUT2D eigenvalue weighted by Gasteiger charge is -2.11. The number of furan rings is 1. The Bertz CT molecular complexity index is 665. The molecule has 0 aliphatic rings. The molecule has 128 valence electrons. The second-order valence-electron chi connectivity index (χ2n) is 5.02. The summed E-state index contributed by atoms with van der Waals surface area (Å²) in [6, 6.07) is 11.1. The van der Waals surface area contributed by atoms with Crippen molar-refractivity contribution in [1.82, 2.24) is 5.32 Å². The molecule has 0 saturated carbocycles. The van der Waals surface area contributed by atoms with E-state index in [0.29, 0.717) is 31.1 Å². The fourth-order valence-corrected chi connectivity index (χ4v) is 2.01. The lowest BCUT2D eigenvalue weighted by Crippen LogP contribution is -2.34. The summed E-state index contributed by atoms with van der Waals surface area (Å²) in [6.45, 7) is 5.41. The third-order valence-corrected chi connectivity index (χ3v) is 3.24. The number of hydrogen-bond donors (Lipinski definition) is 1. The van der Waals surface area contributed by atoms with E-state index in [1.165, 1.54) is 0 Å². The van der Waals surface area contributed by atoms with Gasteiger partial charge in [-0.3, -0.25) is 10.1 Å². The zero-order valence-corrected chi connectivity index (χ0v) is 14.0. The number of aliphatic imine (C=N–C) groups is 1. The Morgan fingerprint density at radius 2 is 2.04 bits per heavy atom. The number of benzene rings is 1. The van der Waals surface area contributed by atoms with E-state index < -0.39 is 0 Å². The average Bonchev–Trinajstić information content (AvgIpc) is 3.10. The maximum absolute atomic E-state index is 12.4. The van der Waals surface area contributed by atoms with E-state index in [2.05, 4.69) is 10.3 Å². The fraction of sp³-hybridized carbons (Fsp3) is 0.333. The second kappa shape index (κ2) is 9.52. The predicted octanol–water partition coefficient (Wildman–Crippen LogP) is 2.93. The first-order chi connectivity index (χ1) is 11.7. The van der Waals surface area contributed by atoms with Crippen LogP contribution in [0.3, 0.4) is 0 Å². The van der Waals surface area contributed by atoms with E-state index in [4.69, 9.17) is 13.9 Å². The number of ether oxygens (including phenoxy) is 2. The predicted molar refractivity (Wildman–Crippen MR) is 90.9 cm³/mol. The molecule has 0 saturated heterocycles. The van der Waals surface area contributed by atoms with Crippen molar-refractivity contribution in [2.45, 2.75) is 20.4 Å².